The van der Waals surface area contributed by atoms with E-state index in [1.807, 2.05) is 0 Å². The Kier molecular flexibility index (Phi) is 50.6. The molecular weight excluding hydrogens is 1250 g/mol. The predicted molar refractivity (Wildman–Crippen MR) is 372 cm³/mol. The molecule has 0 aromatic rings. The third-order valence-electron chi connectivity index (χ3n) is 15.7. The van der Waals surface area contributed by atoms with Crippen molar-refractivity contribution in [2.45, 2.75) is 145 Å². The quantitative estimate of drug-likeness (QED) is 0.0830. The van der Waals surface area contributed by atoms with Gasteiger partial charge in [0.2, 0.25) is 0 Å². The summed E-state index contributed by atoms with van der Waals surface area (Å²) in [6, 6.07) is 1.75. The topological polar surface area (TPSA) is 23.8 Å². The van der Waals surface area contributed by atoms with Crippen molar-refractivity contribution in [3.05, 3.63) is 171 Å². The van der Waals surface area contributed by atoms with E-state index in [-0.39, 0.29) is 0 Å². The zero-order valence-electron chi connectivity index (χ0n) is 56.3. The second kappa shape index (κ2) is 51.1. The molecule has 0 saturated carbocycles. The average Bonchev–Trinajstić information content (AvgIpc) is 3.50. The number of halogens is 2. The molecule has 0 aliphatic carbocycles. The Hall–Kier alpha value is -2.93. The number of nitriles is 1. The van der Waals surface area contributed by atoms with E-state index in [1.54, 1.807) is 6.07 Å². The number of allylic oxidation sites excluding steroid dienone is 14. The summed E-state index contributed by atoms with van der Waals surface area (Å²) < 4.78 is 7.61. The second-order valence-corrected chi connectivity index (χ2v) is 30.4. The second-order valence-electron chi connectivity index (χ2n) is 24.9. The van der Waals surface area contributed by atoms with Gasteiger partial charge in [0, 0.05) is 6.92 Å². The first kappa shape index (κ1) is 82.1. The minimum atomic E-state index is -0.972. The van der Waals surface area contributed by atoms with E-state index >= 15 is 0 Å². The normalized spacial score (nSPS) is 27.5. The van der Waals surface area contributed by atoms with Gasteiger partial charge < -0.3 is 0 Å². The van der Waals surface area contributed by atoms with Gasteiger partial charge in [-0.2, -0.15) is 5.26 Å². The molecule has 0 aromatic heterocycles. The van der Waals surface area contributed by atoms with E-state index in [0.717, 1.165) is 77.2 Å². The molecule has 7 aliphatic rings. The molecule has 7 rings (SSSR count). The van der Waals surface area contributed by atoms with E-state index in [2.05, 4.69) is 269 Å². The molecule has 11 heteroatoms. The Morgan fingerprint density at radius 1 is 0.289 bits per heavy atom. The zero-order chi connectivity index (χ0) is 62.5. The first-order valence-corrected chi connectivity index (χ1v) is 41.8. The van der Waals surface area contributed by atoms with Crippen molar-refractivity contribution in [1.82, 2.24) is 0 Å². The number of hydrogen-bond donors (Lipinski definition) is 0. The van der Waals surface area contributed by atoms with Crippen LogP contribution in [-0.2, 0) is 0 Å². The first-order valence-electron chi connectivity index (χ1n) is 32.3. The molecule has 0 N–H and O–H groups in total. The molecule has 7 heterocycles. The SMILES string of the molecule is CC#N.CCCC[N+]1(C)C=CC=CC1.CCCC[N+]1(C)C=CC=CC1.CCCC[N+]1(C)C=CC=CC1.CCCC[N+]1(C)C=CC=CC1.CCCC[N+]1(C)C=CC=CC1.CCCC[N+]1(C)C=CC=CC1.CCCC[N+]1(C)C=CC=CC1.[Cl][Pb][Cl]. The maximum atomic E-state index is 7.32. The van der Waals surface area contributed by atoms with Gasteiger partial charge in [0.25, 0.3) is 0 Å². The van der Waals surface area contributed by atoms with Crippen LogP contribution in [0.5, 0.6) is 0 Å². The molecule has 2 radical (unpaired) electrons. The van der Waals surface area contributed by atoms with Crippen LogP contribution in [0.3, 0.4) is 0 Å². The van der Waals surface area contributed by atoms with Gasteiger partial charge in [-0.25, -0.2) is 0 Å². The van der Waals surface area contributed by atoms with Gasteiger partial charge in [-0.05, 0) is 130 Å². The standard InChI is InChI=1S/7C10H18N.C2H3N.2ClH.Pb/c7*1-3-4-8-11(2)9-6-5-7-10-11;1-2-3;;;/h7*5-7,9H,3-4,8,10H2,1-2H3;1H3;2*1H;/q7*+1;;;;+2/p-2. The van der Waals surface area contributed by atoms with Crippen LogP contribution in [0.2, 0.25) is 0 Å². The van der Waals surface area contributed by atoms with E-state index in [1.165, 1.54) is 143 Å². The molecule has 8 nitrogen and oxygen atoms in total. The summed E-state index contributed by atoms with van der Waals surface area (Å²) in [6.07, 6.45) is 80.1. The molecular formula is C72H129Cl2N8Pb+7. The fourth-order valence-corrected chi connectivity index (χ4v) is 9.69. The fraction of sp³-hybridized carbons (Fsp3) is 0.597. The summed E-state index contributed by atoms with van der Waals surface area (Å²) in [7, 11) is 25.9. The van der Waals surface area contributed by atoms with Crippen molar-refractivity contribution in [3.63, 3.8) is 0 Å². The predicted octanol–water partition coefficient (Wildman–Crippen LogP) is 17.7. The van der Waals surface area contributed by atoms with Crippen LogP contribution in [0.25, 0.3) is 0 Å². The summed E-state index contributed by atoms with van der Waals surface area (Å²) in [4.78, 5) is 0. The third kappa shape index (κ3) is 45.1. The molecule has 0 aromatic carbocycles. The van der Waals surface area contributed by atoms with Crippen LogP contribution in [0.4, 0.5) is 0 Å². The van der Waals surface area contributed by atoms with Crippen LogP contribution in [0.1, 0.15) is 145 Å². The number of rotatable bonds is 21. The van der Waals surface area contributed by atoms with Crippen molar-refractivity contribution in [3.8, 4) is 6.07 Å². The Bertz CT molecular complexity index is 1720. The van der Waals surface area contributed by atoms with Crippen molar-refractivity contribution < 1.29 is 31.4 Å². The van der Waals surface area contributed by atoms with Crippen molar-refractivity contribution in [2.75, 3.05) is 141 Å². The molecule has 468 valence electrons. The van der Waals surface area contributed by atoms with Gasteiger partial charge in [0.05, 0.1) is 145 Å². The Morgan fingerprint density at radius 2 is 0.398 bits per heavy atom. The summed E-state index contributed by atoms with van der Waals surface area (Å²) in [6.45, 7) is 34.2. The molecule has 0 spiro atoms. The summed E-state index contributed by atoms with van der Waals surface area (Å²) >= 11 is -0.972. The van der Waals surface area contributed by atoms with Crippen LogP contribution in [0, 0.1) is 11.3 Å². The third-order valence-corrected chi connectivity index (χ3v) is 15.7. The van der Waals surface area contributed by atoms with E-state index < -0.39 is 21.8 Å². The van der Waals surface area contributed by atoms with Crippen molar-refractivity contribution in [2.24, 2.45) is 0 Å². The van der Waals surface area contributed by atoms with Crippen LogP contribution in [-0.4, -0.2) is 194 Å². The van der Waals surface area contributed by atoms with Gasteiger partial charge in [0.1, 0.15) is 45.8 Å². The summed E-state index contributed by atoms with van der Waals surface area (Å²) in [5.41, 5.74) is 0. The van der Waals surface area contributed by atoms with Crippen molar-refractivity contribution in [1.29, 1.82) is 5.26 Å². The van der Waals surface area contributed by atoms with Gasteiger partial charge in [-0.3, -0.25) is 31.4 Å². The molecule has 0 amide bonds. The van der Waals surface area contributed by atoms with E-state index in [0.29, 0.717) is 0 Å². The monoisotopic (exact) mass is 1380 g/mol. The molecule has 0 bridgehead atoms. The molecule has 0 saturated heterocycles. The fourth-order valence-electron chi connectivity index (χ4n) is 9.69. The maximum absolute atomic E-state index is 7.32. The molecule has 7 aliphatic heterocycles. The Labute approximate surface area is 534 Å². The average molecular weight is 1380 g/mol. The summed E-state index contributed by atoms with van der Waals surface area (Å²) in [5, 5.41) is 7.32. The zero-order valence-corrected chi connectivity index (χ0v) is 61.7. The Morgan fingerprint density at radius 3 is 0.470 bits per heavy atom. The number of likely N-dealkylation sites (N-methyl/N-ethyl adjacent to an activating group) is 7. The number of nitrogens with zero attached hydrogens (tertiary/aromatic N) is 8. The van der Waals surface area contributed by atoms with Gasteiger partial charge in [0.15, 0.2) is 0 Å². The number of hydrogen-bond acceptors (Lipinski definition) is 1. The van der Waals surface area contributed by atoms with Crippen LogP contribution in [0.15, 0.2) is 171 Å². The minimum absolute atomic E-state index is 0.972. The Balaban J connectivity index is 0. The molecule has 0 fully saturated rings. The van der Waals surface area contributed by atoms with Gasteiger partial charge in [-0.15, -0.1) is 0 Å². The first-order chi connectivity index (χ1) is 39.7. The van der Waals surface area contributed by atoms with Crippen LogP contribution >= 0.6 is 16.6 Å². The molecule has 7 atom stereocenters. The van der Waals surface area contributed by atoms with E-state index in [4.69, 9.17) is 21.9 Å². The molecule has 7 unspecified atom stereocenters. The molecule has 83 heavy (non-hydrogen) atoms. The number of unbranched alkanes of at least 4 members (excludes halogenated alkanes) is 7. The summed E-state index contributed by atoms with van der Waals surface area (Å²) in [5.74, 6) is 0. The van der Waals surface area contributed by atoms with Gasteiger partial charge in [-0.1, -0.05) is 136 Å². The number of quaternary nitrogens is 7. The van der Waals surface area contributed by atoms with E-state index in [9.17, 15) is 0 Å². The van der Waals surface area contributed by atoms with Gasteiger partial charge >= 0.3 is 38.4 Å². The van der Waals surface area contributed by atoms with Crippen LogP contribution < -0.4 is 0 Å². The van der Waals surface area contributed by atoms with Crippen molar-refractivity contribution >= 4 is 38.4 Å².